The first-order valence-corrected chi connectivity index (χ1v) is 8.54. The molecule has 0 N–H and O–H groups in total. The molecule has 0 aliphatic carbocycles. The summed E-state index contributed by atoms with van der Waals surface area (Å²) in [5, 5.41) is 3.77. The van der Waals surface area contributed by atoms with Crippen LogP contribution in [0.1, 0.15) is 15.6 Å². The largest absolute Gasteiger partial charge is 0.493 e. The van der Waals surface area contributed by atoms with Crippen LogP contribution in [0.15, 0.2) is 34.9 Å². The number of aromatic nitrogens is 2. The van der Waals surface area contributed by atoms with Gasteiger partial charge in [0, 0.05) is 5.56 Å². The molecule has 142 valence electrons. The van der Waals surface area contributed by atoms with Gasteiger partial charge in [-0.25, -0.2) is 4.79 Å². The number of carbonyl (C=O) groups excluding carboxylic acids is 1. The van der Waals surface area contributed by atoms with Crippen LogP contribution in [0.2, 0.25) is 4.34 Å². The zero-order valence-corrected chi connectivity index (χ0v) is 15.2. The SMILES string of the molecule is COc1cc(-c2noc(COC(=O)c3ccc(Cl)s3)n2)ccc1OC(F)F. The number of alkyl halides is 2. The van der Waals surface area contributed by atoms with Crippen molar-refractivity contribution in [1.82, 2.24) is 10.1 Å². The minimum absolute atomic E-state index is 0.0628. The van der Waals surface area contributed by atoms with E-state index in [-0.39, 0.29) is 29.8 Å². The van der Waals surface area contributed by atoms with Crippen molar-refractivity contribution in [3.63, 3.8) is 0 Å². The summed E-state index contributed by atoms with van der Waals surface area (Å²) in [4.78, 5) is 16.3. The normalized spacial score (nSPS) is 10.9. The van der Waals surface area contributed by atoms with Gasteiger partial charge in [0.15, 0.2) is 18.1 Å². The molecule has 0 atom stereocenters. The number of hydrogen-bond acceptors (Lipinski definition) is 8. The Kier molecular flexibility index (Phi) is 5.87. The van der Waals surface area contributed by atoms with Crippen LogP contribution in [0.4, 0.5) is 8.78 Å². The highest BCUT2D eigenvalue weighted by Gasteiger charge is 2.16. The summed E-state index contributed by atoms with van der Waals surface area (Å²) in [5.41, 5.74) is 0.444. The number of benzene rings is 1. The van der Waals surface area contributed by atoms with Crippen molar-refractivity contribution in [2.45, 2.75) is 13.2 Å². The van der Waals surface area contributed by atoms with Crippen LogP contribution < -0.4 is 9.47 Å². The van der Waals surface area contributed by atoms with Crippen LogP contribution in [0.25, 0.3) is 11.4 Å². The van der Waals surface area contributed by atoms with Gasteiger partial charge in [-0.3, -0.25) is 0 Å². The van der Waals surface area contributed by atoms with E-state index in [0.717, 1.165) is 11.3 Å². The van der Waals surface area contributed by atoms with Crippen LogP contribution in [0.5, 0.6) is 11.5 Å². The molecule has 0 bridgehead atoms. The fourth-order valence-corrected chi connectivity index (χ4v) is 2.99. The molecule has 0 saturated heterocycles. The molecular weight excluding hydrogens is 406 g/mol. The maximum absolute atomic E-state index is 12.4. The molecule has 0 fully saturated rings. The number of ether oxygens (including phenoxy) is 3. The fourth-order valence-electron chi connectivity index (χ4n) is 2.05. The predicted octanol–water partition coefficient (Wildman–Crippen LogP) is 4.42. The molecule has 0 amide bonds. The standard InChI is InChI=1S/C16H11ClF2N2O5S/c1-23-10-6-8(2-3-9(10)25-16(18)19)14-20-13(26-21-14)7-24-15(22)11-4-5-12(17)27-11/h2-6,16H,7H2,1H3. The second-order valence-corrected chi connectivity index (χ2v) is 6.65. The highest BCUT2D eigenvalue weighted by atomic mass is 35.5. The van der Waals surface area contributed by atoms with Crippen LogP contribution >= 0.6 is 22.9 Å². The summed E-state index contributed by atoms with van der Waals surface area (Å²) < 4.78 is 44.7. The highest BCUT2D eigenvalue weighted by molar-refractivity contribution is 7.17. The Bertz CT molecular complexity index is 947. The van der Waals surface area contributed by atoms with E-state index >= 15 is 0 Å². The van der Waals surface area contributed by atoms with Crippen molar-refractivity contribution in [2.24, 2.45) is 0 Å². The summed E-state index contributed by atoms with van der Waals surface area (Å²) in [7, 11) is 1.31. The molecule has 7 nitrogen and oxygen atoms in total. The summed E-state index contributed by atoms with van der Waals surface area (Å²) in [6.07, 6.45) is 0. The average molecular weight is 417 g/mol. The minimum atomic E-state index is -2.98. The lowest BCUT2D eigenvalue weighted by atomic mass is 10.2. The van der Waals surface area contributed by atoms with Crippen molar-refractivity contribution in [1.29, 1.82) is 0 Å². The zero-order chi connectivity index (χ0) is 19.4. The van der Waals surface area contributed by atoms with E-state index in [1.54, 1.807) is 12.1 Å². The number of halogens is 3. The molecule has 3 rings (SSSR count). The van der Waals surface area contributed by atoms with E-state index in [1.165, 1.54) is 25.3 Å². The average Bonchev–Trinajstić information content (AvgIpc) is 3.28. The number of nitrogens with zero attached hydrogens (tertiary/aromatic N) is 2. The molecule has 0 radical (unpaired) electrons. The van der Waals surface area contributed by atoms with Crippen LogP contribution in [-0.2, 0) is 11.3 Å². The van der Waals surface area contributed by atoms with Crippen LogP contribution in [0.3, 0.4) is 0 Å². The lowest BCUT2D eigenvalue weighted by Gasteiger charge is -2.10. The van der Waals surface area contributed by atoms with Gasteiger partial charge in [0.1, 0.15) is 4.88 Å². The first kappa shape index (κ1) is 19.1. The molecule has 3 aromatic rings. The smallest absolute Gasteiger partial charge is 0.387 e. The van der Waals surface area contributed by atoms with E-state index in [0.29, 0.717) is 14.8 Å². The van der Waals surface area contributed by atoms with Gasteiger partial charge >= 0.3 is 12.6 Å². The third-order valence-corrected chi connectivity index (χ3v) is 4.42. The number of hydrogen-bond donors (Lipinski definition) is 0. The monoisotopic (exact) mass is 416 g/mol. The van der Waals surface area contributed by atoms with E-state index < -0.39 is 12.6 Å². The molecule has 1 aromatic carbocycles. The maximum atomic E-state index is 12.4. The molecule has 0 saturated carbocycles. The van der Waals surface area contributed by atoms with Gasteiger partial charge in [-0.15, -0.1) is 11.3 Å². The highest BCUT2D eigenvalue weighted by Crippen LogP contribution is 2.32. The van der Waals surface area contributed by atoms with Gasteiger partial charge < -0.3 is 18.7 Å². The molecule has 0 aliphatic rings. The lowest BCUT2D eigenvalue weighted by Crippen LogP contribution is -2.03. The van der Waals surface area contributed by atoms with Gasteiger partial charge in [-0.2, -0.15) is 13.8 Å². The fraction of sp³-hybridized carbons (Fsp3) is 0.188. The number of rotatable bonds is 7. The number of thiophene rings is 1. The Morgan fingerprint density at radius 1 is 1.30 bits per heavy atom. The van der Waals surface area contributed by atoms with Crippen molar-refractivity contribution in [2.75, 3.05) is 7.11 Å². The minimum Gasteiger partial charge on any atom is -0.493 e. The lowest BCUT2D eigenvalue weighted by molar-refractivity contribution is -0.0512. The van der Waals surface area contributed by atoms with E-state index in [2.05, 4.69) is 14.9 Å². The Morgan fingerprint density at radius 2 is 2.11 bits per heavy atom. The van der Waals surface area contributed by atoms with Crippen molar-refractivity contribution in [3.8, 4) is 22.9 Å². The molecular formula is C16H11ClF2N2O5S. The first-order valence-electron chi connectivity index (χ1n) is 7.34. The molecule has 2 aromatic heterocycles. The van der Waals surface area contributed by atoms with Crippen molar-refractivity contribution >= 4 is 28.9 Å². The molecule has 0 aliphatic heterocycles. The Morgan fingerprint density at radius 3 is 2.78 bits per heavy atom. The molecule has 2 heterocycles. The van der Waals surface area contributed by atoms with E-state index in [9.17, 15) is 13.6 Å². The zero-order valence-electron chi connectivity index (χ0n) is 13.6. The molecule has 11 heteroatoms. The Hall–Kier alpha value is -2.72. The summed E-state index contributed by atoms with van der Waals surface area (Å²) in [6, 6.07) is 7.32. The van der Waals surface area contributed by atoms with Gasteiger partial charge in [0.25, 0.3) is 5.89 Å². The number of carbonyl (C=O) groups is 1. The van der Waals surface area contributed by atoms with Gasteiger partial charge in [0.05, 0.1) is 11.4 Å². The second-order valence-electron chi connectivity index (χ2n) is 4.94. The van der Waals surface area contributed by atoms with Crippen molar-refractivity contribution in [3.05, 3.63) is 45.4 Å². The number of esters is 1. The quantitative estimate of drug-likeness (QED) is 0.527. The summed E-state index contributed by atoms with van der Waals surface area (Å²) >= 11 is 6.85. The first-order chi connectivity index (χ1) is 13.0. The van der Waals surface area contributed by atoms with Crippen LogP contribution in [-0.4, -0.2) is 29.8 Å². The third kappa shape index (κ3) is 4.72. The van der Waals surface area contributed by atoms with E-state index in [4.69, 9.17) is 25.6 Å². The molecule has 0 unspecified atom stereocenters. The second kappa shape index (κ2) is 8.31. The third-order valence-electron chi connectivity index (χ3n) is 3.21. The Balaban J connectivity index is 1.69. The molecule has 27 heavy (non-hydrogen) atoms. The van der Waals surface area contributed by atoms with Crippen molar-refractivity contribution < 1.29 is 32.3 Å². The Labute approximate surface area is 160 Å². The summed E-state index contributed by atoms with van der Waals surface area (Å²) in [5.74, 6) is -0.375. The van der Waals surface area contributed by atoms with Crippen LogP contribution in [0, 0.1) is 0 Å². The number of methoxy groups -OCH3 is 1. The van der Waals surface area contributed by atoms with Gasteiger partial charge in [-0.05, 0) is 30.3 Å². The topological polar surface area (TPSA) is 83.7 Å². The van der Waals surface area contributed by atoms with Gasteiger partial charge in [-0.1, -0.05) is 16.8 Å². The van der Waals surface area contributed by atoms with E-state index in [1.807, 2.05) is 0 Å². The molecule has 0 spiro atoms. The predicted molar refractivity (Wildman–Crippen MR) is 91.4 cm³/mol. The maximum Gasteiger partial charge on any atom is 0.387 e. The van der Waals surface area contributed by atoms with Gasteiger partial charge in [0.2, 0.25) is 5.82 Å². The summed E-state index contributed by atoms with van der Waals surface area (Å²) in [6.45, 7) is -3.21.